The number of fused-ring (bicyclic) bond motifs is 5. The Balaban J connectivity index is 1.50. The van der Waals surface area contributed by atoms with Gasteiger partial charge in [0.2, 0.25) is 0 Å². The molecule has 3 fully saturated rings. The van der Waals surface area contributed by atoms with Crippen LogP contribution in [-0.4, -0.2) is 54.6 Å². The number of hydrogen-bond acceptors (Lipinski definition) is 6. The van der Waals surface area contributed by atoms with Gasteiger partial charge in [0.15, 0.2) is 5.78 Å². The Morgan fingerprint density at radius 2 is 1.49 bits per heavy atom. The summed E-state index contributed by atoms with van der Waals surface area (Å²) in [5.74, 6) is -3.84. The molecule has 9 nitrogen and oxygen atoms in total. The second kappa shape index (κ2) is 9.76. The highest BCUT2D eigenvalue weighted by Crippen LogP contribution is 2.60. The first kappa shape index (κ1) is 26.3. The van der Waals surface area contributed by atoms with E-state index < -0.39 is 46.8 Å². The minimum Gasteiger partial charge on any atom is -0.292 e. The van der Waals surface area contributed by atoms with Gasteiger partial charge in [-0.15, -0.1) is 0 Å². The molecule has 3 amide bonds. The molecular weight excluding hydrogens is 657 g/mol. The van der Waals surface area contributed by atoms with Gasteiger partial charge in [0, 0.05) is 32.9 Å². The molecule has 0 N–H and O–H groups in total. The molecule has 6 atom stereocenters. The molecule has 0 aromatic heterocycles. The molecule has 1 aliphatic heterocycles. The lowest BCUT2D eigenvalue weighted by Gasteiger charge is -2.31. The molecule has 2 aromatic carbocycles. The number of carbonyl (C=O) groups excluding carboxylic acids is 4. The normalized spacial score (nSPS) is 27.9. The number of benzene rings is 2. The van der Waals surface area contributed by atoms with Gasteiger partial charge >= 0.3 is 0 Å². The lowest BCUT2D eigenvalue weighted by molar-refractivity contribution is -0.384. The maximum absolute atomic E-state index is 13.6. The summed E-state index contributed by atoms with van der Waals surface area (Å²) in [5.41, 5.74) is -0.0941. The Bertz CT molecular complexity index is 1320. The summed E-state index contributed by atoms with van der Waals surface area (Å²) >= 11 is 19.3. The van der Waals surface area contributed by atoms with Crippen LogP contribution in [0.2, 0.25) is 10.0 Å². The zero-order valence-electron chi connectivity index (χ0n) is 18.7. The zero-order valence-corrected chi connectivity index (χ0v) is 23.4. The number of hydrazine groups is 1. The van der Waals surface area contributed by atoms with E-state index >= 15 is 0 Å². The van der Waals surface area contributed by atoms with Crippen molar-refractivity contribution < 1.29 is 24.1 Å². The summed E-state index contributed by atoms with van der Waals surface area (Å²) in [4.78, 5) is 64.4. The molecule has 3 aliphatic rings. The molecule has 1 heterocycles. The van der Waals surface area contributed by atoms with E-state index in [0.717, 1.165) is 10.0 Å². The Kier molecular flexibility index (Phi) is 6.93. The summed E-state index contributed by atoms with van der Waals surface area (Å²) < 4.78 is 0. The van der Waals surface area contributed by atoms with Crippen molar-refractivity contribution in [1.29, 1.82) is 0 Å². The molecule has 2 bridgehead atoms. The Labute approximate surface area is 237 Å². The molecule has 5 rings (SSSR count). The number of amides is 3. The van der Waals surface area contributed by atoms with Gasteiger partial charge in [-0.2, -0.15) is 5.01 Å². The van der Waals surface area contributed by atoms with Crippen LogP contribution in [0.1, 0.15) is 27.1 Å². The molecule has 2 saturated carbocycles. The first-order valence-corrected chi connectivity index (χ1v) is 13.8. The number of nitro benzene ring substituents is 1. The first-order valence-electron chi connectivity index (χ1n) is 11.2. The lowest BCUT2D eigenvalue weighted by atomic mass is 9.81. The van der Waals surface area contributed by atoms with Crippen molar-refractivity contribution in [3.05, 3.63) is 73.8 Å². The van der Waals surface area contributed by atoms with Crippen molar-refractivity contribution in [2.75, 3.05) is 6.54 Å². The fraction of sp³-hybridized carbons (Fsp3) is 0.333. The summed E-state index contributed by atoms with van der Waals surface area (Å²) in [5, 5.41) is 12.9. The van der Waals surface area contributed by atoms with Crippen LogP contribution in [0, 0.1) is 33.8 Å². The van der Waals surface area contributed by atoms with E-state index in [1.165, 1.54) is 42.5 Å². The van der Waals surface area contributed by atoms with Crippen molar-refractivity contribution in [3.8, 4) is 0 Å². The number of ketones is 1. The molecule has 13 heteroatoms. The third-order valence-electron chi connectivity index (χ3n) is 7.30. The van der Waals surface area contributed by atoms with Gasteiger partial charge in [0.1, 0.15) is 6.54 Å². The van der Waals surface area contributed by atoms with Crippen molar-refractivity contribution in [3.63, 3.8) is 0 Å². The van der Waals surface area contributed by atoms with E-state index in [1.807, 2.05) is 0 Å². The van der Waals surface area contributed by atoms with Gasteiger partial charge in [0.25, 0.3) is 23.4 Å². The fourth-order valence-electron chi connectivity index (χ4n) is 5.58. The van der Waals surface area contributed by atoms with Crippen LogP contribution >= 0.6 is 55.1 Å². The largest absolute Gasteiger partial charge is 0.292 e. The molecule has 2 aromatic rings. The first-order chi connectivity index (χ1) is 17.5. The van der Waals surface area contributed by atoms with Gasteiger partial charge in [-0.05, 0) is 48.6 Å². The highest BCUT2D eigenvalue weighted by molar-refractivity contribution is 9.12. The predicted molar refractivity (Wildman–Crippen MR) is 141 cm³/mol. The second-order valence-corrected chi connectivity index (χ2v) is 12.1. The maximum Gasteiger partial charge on any atom is 0.273 e. The molecule has 0 unspecified atom stereocenters. The molecule has 37 heavy (non-hydrogen) atoms. The summed E-state index contributed by atoms with van der Waals surface area (Å²) in [6.07, 6.45) is 0.703. The molecule has 0 radical (unpaired) electrons. The molecule has 2 aliphatic carbocycles. The van der Waals surface area contributed by atoms with E-state index in [4.69, 9.17) is 23.2 Å². The number of imide groups is 1. The molecule has 192 valence electrons. The van der Waals surface area contributed by atoms with Crippen molar-refractivity contribution in [2.45, 2.75) is 16.1 Å². The van der Waals surface area contributed by atoms with Crippen molar-refractivity contribution >= 4 is 84.3 Å². The summed E-state index contributed by atoms with van der Waals surface area (Å²) in [6, 6.07) is 8.94. The van der Waals surface area contributed by atoms with E-state index in [1.54, 1.807) is 0 Å². The van der Waals surface area contributed by atoms with E-state index in [-0.39, 0.29) is 48.3 Å². The maximum atomic E-state index is 13.6. The van der Waals surface area contributed by atoms with Crippen LogP contribution in [0.15, 0.2) is 42.5 Å². The van der Waals surface area contributed by atoms with Crippen LogP contribution in [-0.2, 0) is 9.59 Å². The minimum absolute atomic E-state index is 0.00332. The minimum atomic E-state index is -0.784. The number of nitro groups is 1. The number of halogens is 4. The quantitative estimate of drug-likeness (QED) is 0.141. The van der Waals surface area contributed by atoms with Crippen LogP contribution in [0.25, 0.3) is 0 Å². The van der Waals surface area contributed by atoms with Gasteiger partial charge < -0.3 is 0 Å². The molecular formula is C24H17Br2Cl2N3O6. The second-order valence-electron chi connectivity index (χ2n) is 9.21. The smallest absolute Gasteiger partial charge is 0.273 e. The van der Waals surface area contributed by atoms with E-state index in [0.29, 0.717) is 6.42 Å². The SMILES string of the molecule is O=C(CN(C(=O)c1ccc(Cl)c(Cl)c1)N1C(=O)[C@@H]2[C@H]3C[C@@H]([C@@H](Br)[C@H]3Br)[C@H]2C1=O)c1ccc([N+](=O)[O-])cc1. The van der Waals surface area contributed by atoms with E-state index in [2.05, 4.69) is 31.9 Å². The number of hydrogen-bond donors (Lipinski definition) is 0. The fourth-order valence-corrected chi connectivity index (χ4v) is 7.75. The standard InChI is InChI=1S/C24H17Br2Cl2N3O6/c25-20-13-8-14(21(20)26)19-18(13)23(34)30(24(19)35)29(22(33)11-3-6-15(27)16(28)7-11)9-17(32)10-1-4-12(5-2-10)31(36)37/h1-7,13-14,18-21H,8-9H2/t13-,14-,18-,19-,20-,21+/m1/s1. The highest BCUT2D eigenvalue weighted by atomic mass is 79.9. The third-order valence-corrected chi connectivity index (χ3v) is 11.2. The van der Waals surface area contributed by atoms with Gasteiger partial charge in [-0.25, -0.2) is 5.01 Å². The number of Topliss-reactive ketones (excluding diaryl/α,β-unsaturated/α-hetero) is 1. The van der Waals surface area contributed by atoms with Gasteiger partial charge in [-0.1, -0.05) is 55.1 Å². The number of rotatable bonds is 6. The summed E-state index contributed by atoms with van der Waals surface area (Å²) in [6.45, 7) is -0.640. The average Bonchev–Trinajstić information content (AvgIpc) is 3.48. The van der Waals surface area contributed by atoms with Crippen molar-refractivity contribution in [1.82, 2.24) is 10.0 Å². The van der Waals surface area contributed by atoms with Crippen LogP contribution < -0.4 is 0 Å². The topological polar surface area (TPSA) is 118 Å². The number of carbonyl (C=O) groups is 4. The molecule has 0 spiro atoms. The van der Waals surface area contributed by atoms with Gasteiger partial charge in [0.05, 0.1) is 26.8 Å². The Morgan fingerprint density at radius 3 is 2.00 bits per heavy atom. The summed E-state index contributed by atoms with van der Waals surface area (Å²) in [7, 11) is 0. The number of non-ortho nitro benzene ring substituents is 1. The predicted octanol–water partition coefficient (Wildman–Crippen LogP) is 4.92. The van der Waals surface area contributed by atoms with Crippen LogP contribution in [0.5, 0.6) is 0 Å². The Hall–Kier alpha value is -2.34. The van der Waals surface area contributed by atoms with Crippen LogP contribution in [0.4, 0.5) is 5.69 Å². The number of alkyl halides is 2. The number of nitrogens with zero attached hydrogens (tertiary/aromatic N) is 3. The van der Waals surface area contributed by atoms with E-state index in [9.17, 15) is 29.3 Å². The van der Waals surface area contributed by atoms with Crippen LogP contribution in [0.3, 0.4) is 0 Å². The Morgan fingerprint density at radius 1 is 0.946 bits per heavy atom. The lowest BCUT2D eigenvalue weighted by Crippen LogP contribution is -2.52. The molecule has 1 saturated heterocycles. The van der Waals surface area contributed by atoms with Crippen molar-refractivity contribution in [2.24, 2.45) is 23.7 Å². The average molecular weight is 674 g/mol. The van der Waals surface area contributed by atoms with Gasteiger partial charge in [-0.3, -0.25) is 29.3 Å². The highest BCUT2D eigenvalue weighted by Gasteiger charge is 2.67. The third kappa shape index (κ3) is 4.29. The monoisotopic (exact) mass is 671 g/mol. The zero-order chi connectivity index (χ0) is 26.8.